The fraction of sp³-hybridized carbons (Fsp3) is 0.0952. The molecular weight excluding hydrogens is 452 g/mol. The summed E-state index contributed by atoms with van der Waals surface area (Å²) in [7, 11) is -4.11. The molecule has 0 aliphatic heterocycles. The van der Waals surface area contributed by atoms with Crippen LogP contribution in [0.2, 0.25) is 0 Å². The van der Waals surface area contributed by atoms with E-state index in [9.17, 15) is 33.4 Å². The summed E-state index contributed by atoms with van der Waals surface area (Å²) in [6.07, 6.45) is 0. The molecule has 0 aliphatic rings. The number of nitrogens with one attached hydrogen (secondary N) is 2. The molecule has 0 aliphatic carbocycles. The fourth-order valence-electron chi connectivity index (χ4n) is 2.91. The summed E-state index contributed by atoms with van der Waals surface area (Å²) < 4.78 is 27.5. The molecule has 1 amide bonds. The van der Waals surface area contributed by atoms with Crippen LogP contribution >= 0.6 is 0 Å². The first-order chi connectivity index (χ1) is 15.5. The Hall–Kier alpha value is -4.32. The topological polar surface area (TPSA) is 162 Å². The van der Waals surface area contributed by atoms with E-state index in [4.69, 9.17) is 0 Å². The molecule has 0 saturated heterocycles. The number of hydrogen-bond donors (Lipinski definition) is 2. The lowest BCUT2D eigenvalue weighted by Gasteiger charge is -2.11. The molecule has 0 spiro atoms. The summed E-state index contributed by atoms with van der Waals surface area (Å²) in [5.41, 5.74) is 1.08. The van der Waals surface area contributed by atoms with Gasteiger partial charge in [0.25, 0.3) is 27.3 Å². The number of rotatable bonds is 7. The molecule has 3 aromatic rings. The molecule has 0 unspecified atom stereocenters. The first kappa shape index (κ1) is 23.3. The summed E-state index contributed by atoms with van der Waals surface area (Å²) in [6.45, 7) is 3.19. The number of aryl methyl sites for hydroxylation is 2. The Balaban J connectivity index is 1.77. The van der Waals surface area contributed by atoms with Crippen molar-refractivity contribution in [2.24, 2.45) is 0 Å². The molecule has 12 heteroatoms. The minimum absolute atomic E-state index is 0.140. The zero-order chi connectivity index (χ0) is 24.3. The number of carbonyl (C=O) groups is 1. The number of carbonyl (C=O) groups excluding carboxylic acids is 1. The Morgan fingerprint density at radius 2 is 1.48 bits per heavy atom. The zero-order valence-corrected chi connectivity index (χ0v) is 18.3. The van der Waals surface area contributed by atoms with E-state index >= 15 is 0 Å². The highest BCUT2D eigenvalue weighted by molar-refractivity contribution is 7.92. The van der Waals surface area contributed by atoms with E-state index in [0.29, 0.717) is 11.1 Å². The van der Waals surface area contributed by atoms with Crippen molar-refractivity contribution < 1.29 is 23.1 Å². The third-order valence-electron chi connectivity index (χ3n) is 4.77. The number of nitro benzene ring substituents is 2. The number of anilines is 2. The van der Waals surface area contributed by atoms with Crippen molar-refractivity contribution in [2.75, 3.05) is 10.0 Å². The second kappa shape index (κ2) is 9.04. The number of non-ortho nitro benzene ring substituents is 1. The predicted molar refractivity (Wildman–Crippen MR) is 121 cm³/mol. The third kappa shape index (κ3) is 5.30. The van der Waals surface area contributed by atoms with Crippen molar-refractivity contribution in [3.8, 4) is 0 Å². The molecule has 11 nitrogen and oxygen atoms in total. The van der Waals surface area contributed by atoms with E-state index in [1.54, 1.807) is 6.92 Å². The number of amides is 1. The van der Waals surface area contributed by atoms with Gasteiger partial charge in [0.15, 0.2) is 0 Å². The Bertz CT molecular complexity index is 1370. The van der Waals surface area contributed by atoms with Gasteiger partial charge in [-0.25, -0.2) is 8.42 Å². The number of benzene rings is 3. The molecule has 2 N–H and O–H groups in total. The molecule has 0 saturated carbocycles. The maximum atomic E-state index is 12.6. The van der Waals surface area contributed by atoms with Crippen LogP contribution in [0.25, 0.3) is 0 Å². The highest BCUT2D eigenvalue weighted by Crippen LogP contribution is 2.25. The summed E-state index contributed by atoms with van der Waals surface area (Å²) in [4.78, 5) is 33.0. The molecule has 0 bridgehead atoms. The molecule has 33 heavy (non-hydrogen) atoms. The summed E-state index contributed by atoms with van der Waals surface area (Å²) >= 11 is 0. The van der Waals surface area contributed by atoms with Crippen LogP contribution in [-0.4, -0.2) is 24.2 Å². The average molecular weight is 470 g/mol. The number of nitrogens with zero attached hydrogens (tertiary/aromatic N) is 2. The number of hydrogen-bond acceptors (Lipinski definition) is 7. The maximum absolute atomic E-state index is 12.6. The molecule has 3 rings (SSSR count). The van der Waals surface area contributed by atoms with Crippen LogP contribution in [0.15, 0.2) is 65.6 Å². The van der Waals surface area contributed by atoms with Crippen LogP contribution < -0.4 is 10.0 Å². The SMILES string of the molecule is Cc1ccc([N+](=O)[O-])cc1NC(=O)c1ccc(NS(=O)(=O)c2ccc(C)c([N+](=O)[O-])c2)cc1. The van der Waals surface area contributed by atoms with Gasteiger partial charge in [0, 0.05) is 35.0 Å². The highest BCUT2D eigenvalue weighted by Gasteiger charge is 2.20. The Labute approximate surface area is 188 Å². The summed E-state index contributed by atoms with van der Waals surface area (Å²) in [5, 5.41) is 24.6. The number of sulfonamides is 1. The lowest BCUT2D eigenvalue weighted by atomic mass is 10.1. The van der Waals surface area contributed by atoms with Crippen LogP contribution in [0.1, 0.15) is 21.5 Å². The van der Waals surface area contributed by atoms with E-state index in [1.807, 2.05) is 0 Å². The van der Waals surface area contributed by atoms with Gasteiger partial charge in [-0.3, -0.25) is 29.7 Å². The zero-order valence-electron chi connectivity index (χ0n) is 17.4. The van der Waals surface area contributed by atoms with E-state index in [1.165, 1.54) is 61.5 Å². The molecular formula is C21H18N4O7S. The minimum atomic E-state index is -4.11. The largest absolute Gasteiger partial charge is 0.321 e. The fourth-order valence-corrected chi connectivity index (χ4v) is 3.99. The van der Waals surface area contributed by atoms with Gasteiger partial charge in [0.2, 0.25) is 0 Å². The lowest BCUT2D eigenvalue weighted by Crippen LogP contribution is -2.15. The highest BCUT2D eigenvalue weighted by atomic mass is 32.2. The van der Waals surface area contributed by atoms with Crippen LogP contribution in [0.4, 0.5) is 22.7 Å². The lowest BCUT2D eigenvalue weighted by molar-refractivity contribution is -0.385. The van der Waals surface area contributed by atoms with Crippen molar-refractivity contribution >= 4 is 38.7 Å². The first-order valence-electron chi connectivity index (χ1n) is 9.42. The average Bonchev–Trinajstić information content (AvgIpc) is 2.75. The molecule has 0 fully saturated rings. The minimum Gasteiger partial charge on any atom is -0.321 e. The van der Waals surface area contributed by atoms with Crippen LogP contribution in [-0.2, 0) is 10.0 Å². The second-order valence-electron chi connectivity index (χ2n) is 7.10. The van der Waals surface area contributed by atoms with E-state index in [2.05, 4.69) is 10.0 Å². The van der Waals surface area contributed by atoms with Gasteiger partial charge in [0.05, 0.1) is 20.4 Å². The standard InChI is InChI=1S/C21H18N4O7S/c1-13-3-9-17(24(27)28)11-19(13)22-21(26)15-5-7-16(8-6-15)23-33(31,32)18-10-4-14(2)20(12-18)25(29)30/h3-12,23H,1-2H3,(H,22,26). The van der Waals surface area contributed by atoms with E-state index in [-0.39, 0.29) is 33.2 Å². The van der Waals surface area contributed by atoms with Crippen LogP contribution in [0.5, 0.6) is 0 Å². The smallest absolute Gasteiger partial charge is 0.273 e. The van der Waals surface area contributed by atoms with Crippen molar-refractivity contribution in [3.63, 3.8) is 0 Å². The predicted octanol–water partition coefficient (Wildman–Crippen LogP) is 4.17. The molecule has 170 valence electrons. The quantitative estimate of drug-likeness (QED) is 0.387. The van der Waals surface area contributed by atoms with E-state index < -0.39 is 25.8 Å². The molecule has 0 heterocycles. The van der Waals surface area contributed by atoms with Gasteiger partial charge < -0.3 is 5.32 Å². The molecule has 3 aromatic carbocycles. The summed E-state index contributed by atoms with van der Waals surface area (Å²) in [6, 6.07) is 13.1. The molecule has 0 atom stereocenters. The van der Waals surface area contributed by atoms with Crippen LogP contribution in [0, 0.1) is 34.1 Å². The van der Waals surface area contributed by atoms with Gasteiger partial charge in [0.1, 0.15) is 0 Å². The van der Waals surface area contributed by atoms with Gasteiger partial charge in [-0.2, -0.15) is 0 Å². The summed E-state index contributed by atoms with van der Waals surface area (Å²) in [5.74, 6) is -0.540. The molecule has 0 radical (unpaired) electrons. The molecule has 0 aromatic heterocycles. The normalized spacial score (nSPS) is 11.0. The number of nitro groups is 2. The van der Waals surface area contributed by atoms with Crippen molar-refractivity contribution in [3.05, 3.63) is 97.6 Å². The Kier molecular flexibility index (Phi) is 6.40. The third-order valence-corrected chi connectivity index (χ3v) is 6.15. The van der Waals surface area contributed by atoms with Gasteiger partial charge in [-0.05, 0) is 49.7 Å². The first-order valence-corrected chi connectivity index (χ1v) is 10.9. The van der Waals surface area contributed by atoms with Crippen molar-refractivity contribution in [1.82, 2.24) is 0 Å². The second-order valence-corrected chi connectivity index (χ2v) is 8.78. The monoisotopic (exact) mass is 470 g/mol. The van der Waals surface area contributed by atoms with Crippen molar-refractivity contribution in [1.29, 1.82) is 0 Å². The maximum Gasteiger partial charge on any atom is 0.273 e. The van der Waals surface area contributed by atoms with Gasteiger partial charge >= 0.3 is 0 Å². The van der Waals surface area contributed by atoms with E-state index in [0.717, 1.165) is 6.07 Å². The van der Waals surface area contributed by atoms with Gasteiger partial charge in [-0.15, -0.1) is 0 Å². The van der Waals surface area contributed by atoms with Crippen LogP contribution in [0.3, 0.4) is 0 Å². The van der Waals surface area contributed by atoms with Gasteiger partial charge in [-0.1, -0.05) is 12.1 Å². The van der Waals surface area contributed by atoms with Crippen molar-refractivity contribution in [2.45, 2.75) is 18.7 Å². The Morgan fingerprint density at radius 1 is 0.848 bits per heavy atom. The Morgan fingerprint density at radius 3 is 2.09 bits per heavy atom.